The average Bonchev–Trinajstić information content (AvgIpc) is 0.791. The molecule has 3 aliphatic rings. The van der Waals surface area contributed by atoms with Crippen LogP contribution in [0.2, 0.25) is 0 Å². The van der Waals surface area contributed by atoms with Crippen LogP contribution in [0.15, 0.2) is 206 Å². The van der Waals surface area contributed by atoms with Crippen molar-refractivity contribution in [3.63, 3.8) is 0 Å². The Morgan fingerprint density at radius 3 is 0.886 bits per heavy atom. The van der Waals surface area contributed by atoms with Crippen molar-refractivity contribution in [3.05, 3.63) is 279 Å². The van der Waals surface area contributed by atoms with Gasteiger partial charge >= 0.3 is 23.9 Å². The number of methoxy groups -OCH3 is 4. The molecule has 0 radical (unpaired) electrons. The van der Waals surface area contributed by atoms with Gasteiger partial charge in [0.2, 0.25) is 0 Å². The van der Waals surface area contributed by atoms with E-state index in [1.165, 1.54) is 46.6 Å². The maximum absolute atomic E-state index is 15.1. The number of hydrogen-bond donors (Lipinski definition) is 3. The van der Waals surface area contributed by atoms with Crippen molar-refractivity contribution < 1.29 is 105 Å². The summed E-state index contributed by atoms with van der Waals surface area (Å²) in [6.07, 6.45) is 9.31. The molecule has 0 bridgehead atoms. The summed E-state index contributed by atoms with van der Waals surface area (Å²) in [5.41, 5.74) is 13.1. The number of esters is 4. The predicted molar refractivity (Wildman–Crippen MR) is 508 cm³/mol. The summed E-state index contributed by atoms with van der Waals surface area (Å²) in [7, 11) is 5.54. The monoisotopic (exact) mass is 1810 g/mol. The molecule has 132 heavy (non-hydrogen) atoms. The zero-order chi connectivity index (χ0) is 95.8. The first-order valence-electron chi connectivity index (χ1n) is 45.5. The number of hydrogen-bond acceptors (Lipinski definition) is 19. The number of aromatic hydroxyl groups is 2. The fraction of sp³-hybridized carbons (Fsp3) is 0.418. The summed E-state index contributed by atoms with van der Waals surface area (Å²) in [6.45, 7) is 29.6. The van der Waals surface area contributed by atoms with E-state index in [2.05, 4.69) is 83.9 Å². The van der Waals surface area contributed by atoms with E-state index in [-0.39, 0.29) is 118 Å². The van der Waals surface area contributed by atoms with Crippen LogP contribution >= 0.6 is 0 Å². The van der Waals surface area contributed by atoms with Gasteiger partial charge in [0.25, 0.3) is 0 Å². The fourth-order valence-electron chi connectivity index (χ4n) is 15.5. The lowest BCUT2D eigenvalue weighted by molar-refractivity contribution is -0.141. The van der Waals surface area contributed by atoms with Crippen LogP contribution in [0, 0.1) is 17.5 Å². The lowest BCUT2D eigenvalue weighted by atomic mass is 9.81. The van der Waals surface area contributed by atoms with Crippen LogP contribution in [-0.4, -0.2) is 106 Å². The largest absolute Gasteiger partial charge is 0.508 e. The number of carbonyl (C=O) groups excluding carboxylic acids is 4. The third-order valence-electron chi connectivity index (χ3n) is 23.1. The van der Waals surface area contributed by atoms with Crippen molar-refractivity contribution >= 4 is 23.9 Å². The Hall–Kier alpha value is -11.7. The highest BCUT2D eigenvalue weighted by Crippen LogP contribution is 2.43. The summed E-state index contributed by atoms with van der Waals surface area (Å²) in [5, 5.41) is 27.9. The topological polar surface area (TPSA) is 240 Å². The van der Waals surface area contributed by atoms with Crippen molar-refractivity contribution in [1.29, 1.82) is 0 Å². The minimum absolute atomic E-state index is 0.0205. The molecule has 22 heteroatoms. The van der Waals surface area contributed by atoms with Crippen molar-refractivity contribution in [1.82, 2.24) is 0 Å². The Morgan fingerprint density at radius 1 is 0.341 bits per heavy atom. The smallest absolute Gasteiger partial charge is 0.306 e. The molecule has 3 heterocycles. The molecule has 0 spiro atoms. The molecule has 0 aromatic heterocycles. The first kappa shape index (κ1) is 104. The minimum atomic E-state index is -0.292. The van der Waals surface area contributed by atoms with Gasteiger partial charge in [-0.15, -0.1) is 0 Å². The van der Waals surface area contributed by atoms with Gasteiger partial charge in [0.05, 0.1) is 80.6 Å². The van der Waals surface area contributed by atoms with Gasteiger partial charge in [0.1, 0.15) is 70.9 Å². The Labute approximate surface area is 777 Å². The van der Waals surface area contributed by atoms with Gasteiger partial charge in [0, 0.05) is 36.0 Å². The molecule has 13 rings (SSSR count). The van der Waals surface area contributed by atoms with Gasteiger partial charge in [-0.1, -0.05) is 193 Å². The molecular formula is C110H133F3O19. The fourth-order valence-corrected chi connectivity index (χ4v) is 15.5. The first-order valence-corrected chi connectivity index (χ1v) is 45.5. The van der Waals surface area contributed by atoms with Crippen LogP contribution in [0.1, 0.15) is 253 Å². The van der Waals surface area contributed by atoms with Crippen LogP contribution in [0.25, 0.3) is 33.4 Å². The Balaban J connectivity index is 0.000000197. The molecule has 7 atom stereocenters. The Kier molecular flexibility index (Phi) is 39.6. The molecule has 10 aromatic rings. The number of aliphatic hydroxyl groups is 1. The Bertz CT molecular complexity index is 5110. The number of phenolic OH excluding ortho intramolecular Hbond substituents is 2. The highest BCUT2D eigenvalue weighted by molar-refractivity contribution is 5.75. The number of aliphatic hydroxyl groups excluding tert-OH is 1. The Morgan fingerprint density at radius 2 is 0.621 bits per heavy atom. The lowest BCUT2D eigenvalue weighted by Gasteiger charge is -2.26. The molecule has 19 nitrogen and oxygen atoms in total. The molecule has 708 valence electrons. The molecule has 0 amide bonds. The summed E-state index contributed by atoms with van der Waals surface area (Å²) in [4.78, 5) is 45.3. The van der Waals surface area contributed by atoms with E-state index < -0.39 is 0 Å². The van der Waals surface area contributed by atoms with E-state index in [0.29, 0.717) is 92.7 Å². The van der Waals surface area contributed by atoms with Gasteiger partial charge in [-0.3, -0.25) is 19.2 Å². The number of rotatable bonds is 28. The zero-order valence-electron chi connectivity index (χ0n) is 79.6. The van der Waals surface area contributed by atoms with Crippen LogP contribution in [0.5, 0.6) is 40.2 Å². The van der Waals surface area contributed by atoms with Gasteiger partial charge in [0.15, 0.2) is 18.9 Å². The summed E-state index contributed by atoms with van der Waals surface area (Å²) in [6, 6.07) is 61.8. The van der Waals surface area contributed by atoms with Crippen LogP contribution in [0.4, 0.5) is 13.2 Å². The highest BCUT2D eigenvalue weighted by Gasteiger charge is 2.29. The number of phenols is 2. The number of carbonyl (C=O) groups is 4. The van der Waals surface area contributed by atoms with Crippen LogP contribution in [0.3, 0.4) is 0 Å². The van der Waals surface area contributed by atoms with Gasteiger partial charge < -0.3 is 72.2 Å². The van der Waals surface area contributed by atoms with Crippen LogP contribution in [-0.2, 0) is 88.4 Å². The summed E-state index contributed by atoms with van der Waals surface area (Å²) < 4.78 is 111. The average molecular weight is 1820 g/mol. The van der Waals surface area contributed by atoms with Crippen molar-refractivity contribution in [2.45, 2.75) is 252 Å². The summed E-state index contributed by atoms with van der Waals surface area (Å²) in [5.74, 6) is 2.07. The standard InChI is InChI=1S/2C33H39FO5.C22H27FO3.2C11H14O3/c2*1-22(17-31(35)36-5)24-9-8-10-25(19-24)38-21-23-12-14-27(29(18-23)33(2,3)4)28-20-26(13-15-30(28)34)39-32-11-6-7-16-37-32;1-22(2,3)19-12-15(14-24)7-9-17(19)18-13-16(8-10-20(18)23)26-21-6-4-5-11-25-21;2*1-8(6-11(13)14-2)9-4-3-5-10(12)7-9/h2*8-10,12-15,18-20,22,32H,6-7,11,16-17,21H2,1-5H3;7-10,12-13,21,24H,4-6,11,14H2,1-3H3;2*3-5,7-8,12H,6H2,1-2H3/t2*22-,32?;;2*8-/m10.10/s1. The molecule has 10 aromatic carbocycles. The van der Waals surface area contributed by atoms with Crippen molar-refractivity contribution in [2.24, 2.45) is 0 Å². The second-order valence-electron chi connectivity index (χ2n) is 36.9. The third-order valence-corrected chi connectivity index (χ3v) is 23.1. The zero-order valence-corrected chi connectivity index (χ0v) is 79.6. The molecule has 3 unspecified atom stereocenters. The normalized spacial score (nSPS) is 15.8. The molecule has 3 fully saturated rings. The number of halogens is 3. The van der Waals surface area contributed by atoms with E-state index in [4.69, 9.17) is 47.4 Å². The molecule has 0 saturated carbocycles. The number of ether oxygens (including phenoxy) is 12. The van der Waals surface area contributed by atoms with Crippen molar-refractivity contribution in [2.75, 3.05) is 48.3 Å². The van der Waals surface area contributed by atoms with E-state index in [0.717, 1.165) is 142 Å². The highest BCUT2D eigenvalue weighted by atomic mass is 19.1. The lowest BCUT2D eigenvalue weighted by Crippen LogP contribution is -2.25. The van der Waals surface area contributed by atoms with E-state index in [1.54, 1.807) is 72.8 Å². The third kappa shape index (κ3) is 32.4. The van der Waals surface area contributed by atoms with Gasteiger partial charge in [-0.25, -0.2) is 13.2 Å². The molecule has 3 saturated heterocycles. The van der Waals surface area contributed by atoms with E-state index in [1.807, 2.05) is 131 Å². The van der Waals surface area contributed by atoms with Crippen LogP contribution < -0.4 is 23.7 Å². The predicted octanol–water partition coefficient (Wildman–Crippen LogP) is 25.2. The minimum Gasteiger partial charge on any atom is -0.508 e. The van der Waals surface area contributed by atoms with Gasteiger partial charge in [-0.2, -0.15) is 0 Å². The van der Waals surface area contributed by atoms with Gasteiger partial charge in [-0.05, 0) is 254 Å². The molecular weight excluding hydrogens is 1680 g/mol. The van der Waals surface area contributed by atoms with E-state index in [9.17, 15) is 38.9 Å². The van der Waals surface area contributed by atoms with Crippen molar-refractivity contribution in [3.8, 4) is 73.6 Å². The summed E-state index contributed by atoms with van der Waals surface area (Å²) >= 11 is 0. The quantitative estimate of drug-likeness (QED) is 0.0305. The maximum atomic E-state index is 15.1. The first-order chi connectivity index (χ1) is 62.9. The number of benzene rings is 10. The molecule has 0 aliphatic carbocycles. The maximum Gasteiger partial charge on any atom is 0.306 e. The molecule has 3 aliphatic heterocycles. The molecule has 3 N–H and O–H groups in total. The second kappa shape index (κ2) is 50.2. The second-order valence-corrected chi connectivity index (χ2v) is 36.9. The SMILES string of the molecule is CC(C)(C)c1cc(CO)ccc1-c1cc(OC2CCCCO2)ccc1F.COC(=O)C[C@@H](C)c1cccc(O)c1.COC(=O)C[C@@H](C)c1cccc(OCc2ccc(-c3cc(OC4CCCCO4)ccc3F)c(C(C)(C)C)c2)c1.COC(=O)C[C@H](C)c1cccc(O)c1.COC(=O)C[C@H](C)c1cccc(OCc2ccc(-c3cc(OC4CCCCO4)ccc3F)c(C(C)(C)C)c2)c1. The van der Waals surface area contributed by atoms with E-state index >= 15 is 8.78 Å².